The van der Waals surface area contributed by atoms with Crippen molar-refractivity contribution in [3.8, 4) is 0 Å². The molecule has 3 heterocycles. The lowest BCUT2D eigenvalue weighted by atomic mass is 10.4. The van der Waals surface area contributed by atoms with Gasteiger partial charge in [0.25, 0.3) is 11.8 Å². The summed E-state index contributed by atoms with van der Waals surface area (Å²) in [5.74, 6) is -1.80. The minimum absolute atomic E-state index is 0.0162. The number of aryl methyl sites for hydroxylation is 1. The van der Waals surface area contributed by atoms with E-state index < -0.39 is 37.2 Å². The van der Waals surface area contributed by atoms with Crippen LogP contribution in [-0.2, 0) is 31.0 Å². The van der Waals surface area contributed by atoms with Gasteiger partial charge in [-0.15, -0.1) is 10.2 Å². The van der Waals surface area contributed by atoms with Crippen LogP contribution in [0.25, 0.3) is 5.65 Å². The number of nitrogens with two attached hydrogens (primary N) is 2. The second kappa shape index (κ2) is 13.6. The molecule has 0 aliphatic heterocycles. The minimum Gasteiger partial charge on any atom is -0.364 e. The van der Waals surface area contributed by atoms with Crippen LogP contribution in [0.2, 0.25) is 0 Å². The molecule has 20 nitrogen and oxygen atoms in total. The molecule has 0 atom stereocenters. The maximum atomic E-state index is 11.9. The average molecular weight is 575 g/mol. The van der Waals surface area contributed by atoms with Gasteiger partial charge >= 0.3 is 5.69 Å². The van der Waals surface area contributed by atoms with Gasteiger partial charge in [-0.1, -0.05) is 5.21 Å². The van der Waals surface area contributed by atoms with Crippen LogP contribution in [0.5, 0.6) is 0 Å². The number of hydrogen-bond donors (Lipinski definition) is 4. The molecule has 0 saturated heterocycles. The Kier molecular flexibility index (Phi) is 11.2. The number of amides is 2. The van der Waals surface area contributed by atoms with E-state index in [4.69, 9.17) is 17.0 Å². The molecular formula is C16H22N12O8S2. The first-order valence-electron chi connectivity index (χ1n) is 9.81. The van der Waals surface area contributed by atoms with Crippen LogP contribution in [0.3, 0.4) is 0 Å². The van der Waals surface area contributed by atoms with Crippen LogP contribution in [0, 0.1) is 5.53 Å². The number of isocyanates is 1. The lowest BCUT2D eigenvalue weighted by Crippen LogP contribution is -2.32. The number of aromatic amines is 1. The van der Waals surface area contributed by atoms with Crippen LogP contribution >= 0.6 is 0 Å². The zero-order valence-electron chi connectivity index (χ0n) is 19.8. The molecule has 3 aromatic rings. The van der Waals surface area contributed by atoms with Gasteiger partial charge in [0.05, 0.1) is 30.9 Å². The van der Waals surface area contributed by atoms with Gasteiger partial charge in [0.2, 0.25) is 11.9 Å². The number of aromatic nitrogens is 7. The summed E-state index contributed by atoms with van der Waals surface area (Å²) in [7, 11) is -6.20. The Morgan fingerprint density at radius 3 is 2.21 bits per heavy atom. The zero-order chi connectivity index (χ0) is 29.1. The van der Waals surface area contributed by atoms with Crippen molar-refractivity contribution in [3.05, 3.63) is 34.5 Å². The molecule has 0 bridgehead atoms. The van der Waals surface area contributed by atoms with Crippen LogP contribution in [0.15, 0.2) is 27.6 Å². The van der Waals surface area contributed by atoms with Gasteiger partial charge in [0.1, 0.15) is 26.0 Å². The lowest BCUT2D eigenvalue weighted by molar-refractivity contribution is 0.0988. The largest absolute Gasteiger partial charge is 0.364 e. The topological polar surface area (TPSA) is 314 Å². The fourth-order valence-electron chi connectivity index (χ4n) is 2.21. The summed E-state index contributed by atoms with van der Waals surface area (Å²) in [5.41, 5.74) is 15.7. The molecule has 0 aromatic carbocycles. The molecule has 0 unspecified atom stereocenters. The molecule has 0 fully saturated rings. The molecule has 3 rings (SSSR count). The van der Waals surface area contributed by atoms with Crippen LogP contribution in [0.1, 0.15) is 21.0 Å². The first kappa shape index (κ1) is 31.3. The summed E-state index contributed by atoms with van der Waals surface area (Å²) in [5, 5.41) is 10.1. The first-order valence-corrected chi connectivity index (χ1v) is 13.9. The van der Waals surface area contributed by atoms with E-state index in [1.54, 1.807) is 0 Å². The van der Waals surface area contributed by atoms with Crippen LogP contribution in [-0.4, -0.2) is 99.6 Å². The lowest BCUT2D eigenvalue weighted by Gasteiger charge is -2.02. The third-order valence-corrected chi connectivity index (χ3v) is 5.78. The van der Waals surface area contributed by atoms with Gasteiger partial charge < -0.3 is 16.5 Å². The average Bonchev–Trinajstić information content (AvgIpc) is 3.46. The van der Waals surface area contributed by atoms with Crippen molar-refractivity contribution >= 4 is 49.0 Å². The van der Waals surface area contributed by atoms with E-state index in [1.165, 1.54) is 12.4 Å². The number of nitrogens with zero attached hydrogens (tertiary/aromatic N) is 8. The number of rotatable bonds is 9. The van der Waals surface area contributed by atoms with E-state index >= 15 is 0 Å². The molecule has 3 aromatic heterocycles. The number of fused-ring (bicyclic) bond motifs is 1. The van der Waals surface area contributed by atoms with Crippen molar-refractivity contribution in [2.24, 2.45) is 21.6 Å². The highest BCUT2D eigenvalue weighted by Crippen LogP contribution is 2.10. The Bertz CT molecular complexity index is 1630. The monoisotopic (exact) mass is 574 g/mol. The van der Waals surface area contributed by atoms with Crippen molar-refractivity contribution in [2.45, 2.75) is 6.54 Å². The highest BCUT2D eigenvalue weighted by Gasteiger charge is 2.15. The number of carbonyl (C=O) groups is 2. The standard InChI is InChI=1S/C8H10N6O4S.C4H5N5O.C4H7NO3S/c1-19(17,18)3-2-14-8(16)13-4-10-5(6(9)15)7(13)11-12-14;5-3(10)2-4(9-6)8-1-7-2;1-9(7,8)3-2-5-4-6/h4H,2-3H2,1H3,(H2,9,15);1,6H,(H2,5,10)(H,7,8);2-3H2,1H3. The smallest absolute Gasteiger partial charge is 0.352 e. The third kappa shape index (κ3) is 10.1. The quantitative estimate of drug-likeness (QED) is 0.113. The number of H-pyrrole nitrogens is 1. The SMILES string of the molecule is CS(=O)(=O)CCN=C=O.CS(=O)(=O)CCn1nnc2c(C(N)=O)ncn2c1=O.N=Nc1nc[nH]c1C(N)=O. The minimum atomic E-state index is -3.23. The summed E-state index contributed by atoms with van der Waals surface area (Å²) in [6.07, 6.45) is 5.73. The molecule has 0 spiro atoms. The van der Waals surface area contributed by atoms with Crippen LogP contribution < -0.4 is 17.2 Å². The van der Waals surface area contributed by atoms with Gasteiger partial charge in [0, 0.05) is 12.5 Å². The third-order valence-electron chi connectivity index (χ3n) is 3.93. The molecule has 6 N–H and O–H groups in total. The van der Waals surface area contributed by atoms with Crippen molar-refractivity contribution in [2.75, 3.05) is 30.6 Å². The van der Waals surface area contributed by atoms with Crippen molar-refractivity contribution in [1.82, 2.24) is 34.3 Å². The number of aliphatic imine (C=N–C) groups is 1. The number of imidazole rings is 2. The molecule has 38 heavy (non-hydrogen) atoms. The van der Waals surface area contributed by atoms with E-state index in [-0.39, 0.29) is 47.4 Å². The number of nitrogens with one attached hydrogen (secondary N) is 2. The predicted octanol–water partition coefficient (Wildman–Crippen LogP) is -3.03. The summed E-state index contributed by atoms with van der Waals surface area (Å²) in [4.78, 5) is 55.5. The summed E-state index contributed by atoms with van der Waals surface area (Å²) in [6, 6.07) is 0. The maximum Gasteiger partial charge on any atom is 0.352 e. The molecule has 2 amide bonds. The van der Waals surface area contributed by atoms with Crippen molar-refractivity contribution < 1.29 is 31.2 Å². The van der Waals surface area contributed by atoms with Gasteiger partial charge in [0.15, 0.2) is 17.0 Å². The Labute approximate surface area is 213 Å². The molecule has 0 radical (unpaired) electrons. The van der Waals surface area contributed by atoms with Crippen molar-refractivity contribution in [1.29, 1.82) is 5.53 Å². The summed E-state index contributed by atoms with van der Waals surface area (Å²) in [6.45, 7) is -0.118. The second-order valence-corrected chi connectivity index (χ2v) is 11.6. The Balaban J connectivity index is 0.000000320. The molecule has 0 aliphatic carbocycles. The summed E-state index contributed by atoms with van der Waals surface area (Å²) < 4.78 is 44.5. The second-order valence-electron chi connectivity index (χ2n) is 7.06. The molecule has 0 aliphatic rings. The Morgan fingerprint density at radius 2 is 1.74 bits per heavy atom. The number of primary amides is 2. The zero-order valence-corrected chi connectivity index (χ0v) is 21.4. The van der Waals surface area contributed by atoms with E-state index in [9.17, 15) is 36.0 Å². The van der Waals surface area contributed by atoms with Gasteiger partial charge in [-0.2, -0.15) is 4.68 Å². The number of sulfone groups is 2. The van der Waals surface area contributed by atoms with E-state index in [0.717, 1.165) is 27.9 Å². The first-order chi connectivity index (χ1) is 17.6. The molecule has 22 heteroatoms. The van der Waals surface area contributed by atoms with E-state index in [0.29, 0.717) is 0 Å². The van der Waals surface area contributed by atoms with Gasteiger partial charge in [-0.3, -0.25) is 9.59 Å². The van der Waals surface area contributed by atoms with E-state index in [1.807, 2.05) is 0 Å². The van der Waals surface area contributed by atoms with Crippen LogP contribution in [0.4, 0.5) is 5.82 Å². The van der Waals surface area contributed by atoms with E-state index in [2.05, 4.69) is 35.4 Å². The highest BCUT2D eigenvalue weighted by atomic mass is 32.2. The highest BCUT2D eigenvalue weighted by molar-refractivity contribution is 7.90. The fraction of sp³-hybridized carbons (Fsp3) is 0.375. The van der Waals surface area contributed by atoms with Gasteiger partial charge in [-0.25, -0.2) is 51.3 Å². The molecular weight excluding hydrogens is 552 g/mol. The fourth-order valence-corrected chi connectivity index (χ4v) is 3.14. The predicted molar refractivity (Wildman–Crippen MR) is 128 cm³/mol. The number of hydrogen-bond acceptors (Lipinski definition) is 15. The van der Waals surface area contributed by atoms with Crippen molar-refractivity contribution in [3.63, 3.8) is 0 Å². The van der Waals surface area contributed by atoms with Gasteiger partial charge in [-0.05, 0) is 0 Å². The summed E-state index contributed by atoms with van der Waals surface area (Å²) >= 11 is 0. The Morgan fingerprint density at radius 1 is 1.11 bits per heavy atom. The number of carbonyl (C=O) groups excluding carboxylic acids is 3. The molecule has 206 valence electrons. The molecule has 0 saturated carbocycles. The maximum absolute atomic E-state index is 11.9. The Hall–Kier alpha value is -4.69. The normalized spacial score (nSPS) is 10.8.